The normalized spacial score (nSPS) is 21.2. The van der Waals surface area contributed by atoms with Gasteiger partial charge in [-0.3, -0.25) is 4.90 Å². The maximum absolute atomic E-state index is 14.4. The highest BCUT2D eigenvalue weighted by Crippen LogP contribution is 2.25. The van der Waals surface area contributed by atoms with E-state index in [9.17, 15) is 9.18 Å². The van der Waals surface area contributed by atoms with E-state index in [0.29, 0.717) is 17.4 Å². The maximum Gasteiger partial charge on any atom is 0.321 e. The zero-order valence-corrected chi connectivity index (χ0v) is 15.5. The summed E-state index contributed by atoms with van der Waals surface area (Å²) < 4.78 is 14.4. The van der Waals surface area contributed by atoms with Crippen LogP contribution in [0, 0.1) is 5.82 Å². The van der Waals surface area contributed by atoms with Gasteiger partial charge in [0, 0.05) is 44.5 Å². The zero-order chi connectivity index (χ0) is 18.0. The maximum atomic E-state index is 14.4. The quantitative estimate of drug-likeness (QED) is 0.910. The first kappa shape index (κ1) is 18.0. The fraction of sp³-hybridized carbons (Fsp3) is 0.632. The van der Waals surface area contributed by atoms with E-state index in [0.717, 1.165) is 39.0 Å². The molecule has 2 aliphatic heterocycles. The number of hydrogen-bond donors (Lipinski definition) is 1. The average Bonchev–Trinajstić information content (AvgIpc) is 2.91. The number of rotatable bonds is 3. The molecule has 1 N–H and O–H groups in total. The van der Waals surface area contributed by atoms with Crippen LogP contribution in [0.15, 0.2) is 18.2 Å². The summed E-state index contributed by atoms with van der Waals surface area (Å²) in [7, 11) is 1.87. The molecule has 0 saturated carbocycles. The van der Waals surface area contributed by atoms with Crippen LogP contribution in [0.2, 0.25) is 0 Å². The molecular weight excluding hydrogens is 319 g/mol. The third-order valence-electron chi connectivity index (χ3n) is 5.44. The van der Waals surface area contributed by atoms with Gasteiger partial charge in [-0.15, -0.1) is 0 Å². The molecule has 0 bridgehead atoms. The lowest BCUT2D eigenvalue weighted by atomic mass is 10.2. The van der Waals surface area contributed by atoms with Gasteiger partial charge in [-0.1, -0.05) is 0 Å². The molecular formula is C19H29FN4O. The van der Waals surface area contributed by atoms with Crippen molar-refractivity contribution in [3.05, 3.63) is 24.0 Å². The minimum absolute atomic E-state index is 0.127. The number of amides is 2. The molecule has 0 spiro atoms. The van der Waals surface area contributed by atoms with Crippen LogP contribution in [0.1, 0.15) is 33.1 Å². The minimum atomic E-state index is -0.313. The molecule has 2 saturated heterocycles. The number of halogens is 1. The molecule has 6 heteroatoms. The summed E-state index contributed by atoms with van der Waals surface area (Å²) in [4.78, 5) is 18.9. The molecule has 2 aliphatic rings. The van der Waals surface area contributed by atoms with Crippen molar-refractivity contribution in [2.75, 3.05) is 43.4 Å². The number of hydrogen-bond acceptors (Lipinski definition) is 3. The standard InChI is InChI=1S/C19H29FN4O/c1-14(2)22(3)18-8-7-15(12-17(18)20)21-19(25)24-11-5-10-23-9-4-6-16(23)13-24/h7-8,12,14,16H,4-6,9-11,13H2,1-3H3,(H,21,25). The number of carbonyl (C=O) groups excluding carboxylic acids is 1. The van der Waals surface area contributed by atoms with E-state index >= 15 is 0 Å². The van der Waals surface area contributed by atoms with Crippen molar-refractivity contribution in [3.63, 3.8) is 0 Å². The number of nitrogens with zero attached hydrogens (tertiary/aromatic N) is 3. The van der Waals surface area contributed by atoms with Gasteiger partial charge in [-0.05, 0) is 57.9 Å². The highest BCUT2D eigenvalue weighted by molar-refractivity contribution is 5.89. The molecule has 3 rings (SSSR count). The summed E-state index contributed by atoms with van der Waals surface area (Å²) in [6, 6.07) is 5.47. The lowest BCUT2D eigenvalue weighted by Gasteiger charge is -2.26. The number of fused-ring (bicyclic) bond motifs is 1. The Hall–Kier alpha value is -1.82. The van der Waals surface area contributed by atoms with E-state index in [1.165, 1.54) is 12.5 Å². The van der Waals surface area contributed by atoms with Gasteiger partial charge in [-0.25, -0.2) is 9.18 Å². The van der Waals surface area contributed by atoms with E-state index in [4.69, 9.17) is 0 Å². The van der Waals surface area contributed by atoms with Crippen molar-refractivity contribution in [2.45, 2.75) is 45.2 Å². The van der Waals surface area contributed by atoms with Crippen molar-refractivity contribution in [3.8, 4) is 0 Å². The second kappa shape index (κ2) is 7.60. The van der Waals surface area contributed by atoms with Crippen molar-refractivity contribution in [1.82, 2.24) is 9.80 Å². The van der Waals surface area contributed by atoms with Crippen LogP contribution in [0.25, 0.3) is 0 Å². The fourth-order valence-electron chi connectivity index (χ4n) is 3.74. The Balaban J connectivity index is 1.65. The van der Waals surface area contributed by atoms with Crippen LogP contribution in [-0.2, 0) is 0 Å². The first-order valence-electron chi connectivity index (χ1n) is 9.28. The van der Waals surface area contributed by atoms with Gasteiger partial charge in [0.15, 0.2) is 0 Å². The first-order valence-corrected chi connectivity index (χ1v) is 9.28. The second-order valence-electron chi connectivity index (χ2n) is 7.43. The third kappa shape index (κ3) is 4.06. The Morgan fingerprint density at radius 3 is 2.76 bits per heavy atom. The fourth-order valence-corrected chi connectivity index (χ4v) is 3.74. The van der Waals surface area contributed by atoms with Gasteiger partial charge in [0.25, 0.3) is 0 Å². The molecule has 2 heterocycles. The van der Waals surface area contributed by atoms with Gasteiger partial charge in [0.05, 0.1) is 5.69 Å². The molecule has 0 aliphatic carbocycles. The monoisotopic (exact) mass is 348 g/mol. The van der Waals surface area contributed by atoms with Crippen LogP contribution in [0.3, 0.4) is 0 Å². The summed E-state index contributed by atoms with van der Waals surface area (Å²) in [5.41, 5.74) is 1.06. The van der Waals surface area contributed by atoms with Crippen molar-refractivity contribution >= 4 is 17.4 Å². The van der Waals surface area contributed by atoms with Gasteiger partial charge in [0.2, 0.25) is 0 Å². The summed E-state index contributed by atoms with van der Waals surface area (Å²) in [6.07, 6.45) is 3.38. The molecule has 2 amide bonds. The van der Waals surface area contributed by atoms with E-state index in [2.05, 4.69) is 10.2 Å². The van der Waals surface area contributed by atoms with Gasteiger partial charge in [0.1, 0.15) is 5.82 Å². The van der Waals surface area contributed by atoms with E-state index in [1.807, 2.05) is 30.7 Å². The first-order chi connectivity index (χ1) is 12.0. The summed E-state index contributed by atoms with van der Waals surface area (Å²) in [5, 5.41) is 2.87. The largest absolute Gasteiger partial charge is 0.370 e. The Morgan fingerprint density at radius 1 is 1.28 bits per heavy atom. The smallest absolute Gasteiger partial charge is 0.321 e. The number of benzene rings is 1. The van der Waals surface area contributed by atoms with Crippen molar-refractivity contribution < 1.29 is 9.18 Å². The molecule has 1 unspecified atom stereocenters. The predicted octanol–water partition coefficient (Wildman–Crippen LogP) is 3.37. The van der Waals surface area contributed by atoms with E-state index in [1.54, 1.807) is 12.1 Å². The lowest BCUT2D eigenvalue weighted by Crippen LogP contribution is -2.41. The molecule has 138 valence electrons. The summed E-state index contributed by atoms with van der Waals surface area (Å²) in [6.45, 7) is 7.77. The van der Waals surface area contributed by atoms with Gasteiger partial charge >= 0.3 is 6.03 Å². The van der Waals surface area contributed by atoms with Crippen molar-refractivity contribution in [1.29, 1.82) is 0 Å². The SMILES string of the molecule is CC(C)N(C)c1ccc(NC(=O)N2CCCN3CCCC3C2)cc1F. The van der Waals surface area contributed by atoms with Crippen LogP contribution in [0.4, 0.5) is 20.6 Å². The molecule has 2 fully saturated rings. The highest BCUT2D eigenvalue weighted by atomic mass is 19.1. The number of nitrogens with one attached hydrogen (secondary N) is 1. The van der Waals surface area contributed by atoms with Gasteiger partial charge < -0.3 is 15.1 Å². The second-order valence-corrected chi connectivity index (χ2v) is 7.43. The summed E-state index contributed by atoms with van der Waals surface area (Å²) >= 11 is 0. The van der Waals surface area contributed by atoms with Gasteiger partial charge in [-0.2, -0.15) is 0 Å². The molecule has 0 aromatic heterocycles. The van der Waals surface area contributed by atoms with E-state index < -0.39 is 0 Å². The predicted molar refractivity (Wildman–Crippen MR) is 99.7 cm³/mol. The van der Waals surface area contributed by atoms with Crippen LogP contribution in [-0.4, -0.2) is 61.1 Å². The van der Waals surface area contributed by atoms with E-state index in [-0.39, 0.29) is 17.9 Å². The third-order valence-corrected chi connectivity index (χ3v) is 5.44. The Bertz CT molecular complexity index is 621. The molecule has 0 radical (unpaired) electrons. The van der Waals surface area contributed by atoms with Crippen LogP contribution >= 0.6 is 0 Å². The number of anilines is 2. The molecule has 5 nitrogen and oxygen atoms in total. The van der Waals surface area contributed by atoms with Crippen LogP contribution < -0.4 is 10.2 Å². The minimum Gasteiger partial charge on any atom is -0.370 e. The number of urea groups is 1. The molecule has 1 aromatic carbocycles. The molecule has 1 aromatic rings. The lowest BCUT2D eigenvalue weighted by molar-refractivity contribution is 0.200. The highest BCUT2D eigenvalue weighted by Gasteiger charge is 2.30. The Kier molecular flexibility index (Phi) is 5.47. The topological polar surface area (TPSA) is 38.8 Å². The Morgan fingerprint density at radius 2 is 2.04 bits per heavy atom. The average molecular weight is 348 g/mol. The zero-order valence-electron chi connectivity index (χ0n) is 15.5. The van der Waals surface area contributed by atoms with Crippen molar-refractivity contribution in [2.24, 2.45) is 0 Å². The Labute approximate surface area is 149 Å². The number of carbonyl (C=O) groups is 1. The summed E-state index contributed by atoms with van der Waals surface area (Å²) in [5.74, 6) is -0.313. The van der Waals surface area contributed by atoms with Crippen LogP contribution in [0.5, 0.6) is 0 Å². The molecule has 1 atom stereocenters. The molecule has 25 heavy (non-hydrogen) atoms.